The molecule has 1 N–H and O–H groups in total. The van der Waals surface area contributed by atoms with Crippen LogP contribution in [0.25, 0.3) is 0 Å². The Labute approximate surface area is 141 Å². The van der Waals surface area contributed by atoms with Crippen molar-refractivity contribution in [3.05, 3.63) is 42.5 Å². The summed E-state index contributed by atoms with van der Waals surface area (Å²) in [6.45, 7) is 1.41. The van der Waals surface area contributed by atoms with E-state index >= 15 is 0 Å². The van der Waals surface area contributed by atoms with Gasteiger partial charge in [-0.1, -0.05) is 12.1 Å². The van der Waals surface area contributed by atoms with Crippen molar-refractivity contribution in [1.82, 2.24) is 19.7 Å². The minimum absolute atomic E-state index is 0.111. The summed E-state index contributed by atoms with van der Waals surface area (Å²) in [4.78, 5) is 29.1. The van der Waals surface area contributed by atoms with Crippen molar-refractivity contribution < 1.29 is 22.8 Å². The highest BCUT2D eigenvalue weighted by Crippen LogP contribution is 2.34. The maximum atomic E-state index is 12.9. The van der Waals surface area contributed by atoms with Gasteiger partial charge >= 0.3 is 6.18 Å². The molecule has 2 rings (SSSR count). The van der Waals surface area contributed by atoms with Crippen molar-refractivity contribution in [3.8, 4) is 0 Å². The van der Waals surface area contributed by atoms with E-state index in [1.807, 2.05) is 0 Å². The Hall–Kier alpha value is -2.91. The Morgan fingerprint density at radius 3 is 2.60 bits per heavy atom. The van der Waals surface area contributed by atoms with Crippen LogP contribution in [0.2, 0.25) is 0 Å². The van der Waals surface area contributed by atoms with Crippen LogP contribution < -0.4 is 5.32 Å². The number of hydrogen-bond acceptors (Lipinski definition) is 4. The number of nitrogens with one attached hydrogen (secondary N) is 1. The van der Waals surface area contributed by atoms with Crippen LogP contribution in [0.15, 0.2) is 36.9 Å². The number of carbonyl (C=O) groups excluding carboxylic acids is 2. The van der Waals surface area contributed by atoms with E-state index in [1.54, 1.807) is 6.92 Å². The van der Waals surface area contributed by atoms with Crippen molar-refractivity contribution >= 4 is 17.5 Å². The van der Waals surface area contributed by atoms with Gasteiger partial charge in [-0.2, -0.15) is 18.3 Å². The van der Waals surface area contributed by atoms with Crippen LogP contribution in [0.3, 0.4) is 0 Å². The molecule has 10 heteroatoms. The third kappa shape index (κ3) is 5.03. The second kappa shape index (κ2) is 7.77. The molecule has 0 aliphatic heterocycles. The van der Waals surface area contributed by atoms with Crippen LogP contribution >= 0.6 is 0 Å². The number of hydrogen-bond donors (Lipinski definition) is 1. The summed E-state index contributed by atoms with van der Waals surface area (Å²) in [5.41, 5.74) is -1.29. The van der Waals surface area contributed by atoms with E-state index in [4.69, 9.17) is 0 Å². The van der Waals surface area contributed by atoms with Gasteiger partial charge in [0.1, 0.15) is 19.2 Å². The Morgan fingerprint density at radius 1 is 1.28 bits per heavy atom. The molecule has 0 fully saturated rings. The fraction of sp³-hybridized carbons (Fsp3) is 0.333. The molecule has 1 aromatic heterocycles. The second-order valence-electron chi connectivity index (χ2n) is 5.09. The normalized spacial score (nSPS) is 11.2. The zero-order chi connectivity index (χ0) is 18.4. The van der Waals surface area contributed by atoms with Crippen LogP contribution in [-0.2, 0) is 22.3 Å². The number of carbonyl (C=O) groups is 2. The Bertz CT molecular complexity index is 731. The van der Waals surface area contributed by atoms with Crippen molar-refractivity contribution in [2.24, 2.45) is 0 Å². The first-order valence-corrected chi connectivity index (χ1v) is 7.37. The van der Waals surface area contributed by atoms with Crippen LogP contribution in [0.4, 0.5) is 18.9 Å². The first-order valence-electron chi connectivity index (χ1n) is 7.37. The number of alkyl halides is 3. The molecule has 2 amide bonds. The summed E-state index contributed by atoms with van der Waals surface area (Å²) in [6, 6.07) is 4.66. The number of halogens is 3. The largest absolute Gasteiger partial charge is 0.418 e. The quantitative estimate of drug-likeness (QED) is 0.857. The lowest BCUT2D eigenvalue weighted by molar-refractivity contribution is -0.137. The summed E-state index contributed by atoms with van der Waals surface area (Å²) in [7, 11) is 0. The number of amides is 2. The summed E-state index contributed by atoms with van der Waals surface area (Å²) < 4.78 is 40.1. The molecule has 0 saturated heterocycles. The number of aromatic nitrogens is 3. The molecule has 0 aliphatic carbocycles. The summed E-state index contributed by atoms with van der Waals surface area (Å²) in [6.07, 6.45) is -1.97. The molecule has 0 radical (unpaired) electrons. The number of benzene rings is 1. The second-order valence-corrected chi connectivity index (χ2v) is 5.09. The van der Waals surface area contributed by atoms with Crippen LogP contribution in [-0.4, -0.2) is 44.6 Å². The molecule has 0 spiro atoms. The molecule has 0 bridgehead atoms. The predicted octanol–water partition coefficient (Wildman–Crippen LogP) is 1.78. The number of anilines is 1. The van der Waals surface area contributed by atoms with E-state index in [0.717, 1.165) is 12.1 Å². The van der Waals surface area contributed by atoms with E-state index in [2.05, 4.69) is 15.4 Å². The number of para-hydroxylation sites is 1. The maximum Gasteiger partial charge on any atom is 0.418 e. The molecular formula is C15H16F3N5O2. The molecule has 7 nitrogen and oxygen atoms in total. The molecule has 1 aromatic carbocycles. The lowest BCUT2D eigenvalue weighted by Gasteiger charge is -2.21. The molecule has 0 atom stereocenters. The van der Waals surface area contributed by atoms with E-state index in [0.29, 0.717) is 0 Å². The van der Waals surface area contributed by atoms with Gasteiger partial charge in [0.2, 0.25) is 11.8 Å². The van der Waals surface area contributed by atoms with Gasteiger partial charge in [-0.25, -0.2) is 9.67 Å². The summed E-state index contributed by atoms with van der Waals surface area (Å²) >= 11 is 0. The average molecular weight is 355 g/mol. The first kappa shape index (κ1) is 18.4. The van der Waals surface area contributed by atoms with Crippen LogP contribution in [0, 0.1) is 0 Å². The van der Waals surface area contributed by atoms with E-state index in [1.165, 1.54) is 34.4 Å². The molecule has 134 valence electrons. The highest BCUT2D eigenvalue weighted by Gasteiger charge is 2.33. The van der Waals surface area contributed by atoms with Gasteiger partial charge in [0, 0.05) is 6.54 Å². The van der Waals surface area contributed by atoms with Gasteiger partial charge in [-0.15, -0.1) is 0 Å². The maximum absolute atomic E-state index is 12.9. The highest BCUT2D eigenvalue weighted by molar-refractivity contribution is 5.95. The fourth-order valence-corrected chi connectivity index (χ4v) is 2.13. The number of nitrogens with zero attached hydrogens (tertiary/aromatic N) is 4. The van der Waals surface area contributed by atoms with Gasteiger partial charge in [-0.3, -0.25) is 9.59 Å². The van der Waals surface area contributed by atoms with Crippen molar-refractivity contribution in [2.75, 3.05) is 18.4 Å². The van der Waals surface area contributed by atoms with E-state index in [9.17, 15) is 22.8 Å². The van der Waals surface area contributed by atoms with E-state index in [-0.39, 0.29) is 25.3 Å². The van der Waals surface area contributed by atoms with Crippen molar-refractivity contribution in [3.63, 3.8) is 0 Å². The molecule has 0 saturated carbocycles. The molecule has 2 aromatic rings. The van der Waals surface area contributed by atoms with Crippen molar-refractivity contribution in [1.29, 1.82) is 0 Å². The molecule has 0 unspecified atom stereocenters. The predicted molar refractivity (Wildman–Crippen MR) is 82.3 cm³/mol. The number of likely N-dealkylation sites (N-methyl/N-ethyl adjacent to an activating group) is 1. The lowest BCUT2D eigenvalue weighted by atomic mass is 10.1. The minimum atomic E-state index is -4.59. The standard InChI is InChI=1S/C15H16F3N5O2/c1-2-22(14(25)8-23-10-19-9-20-23)7-13(24)21-12-6-4-3-5-11(12)15(16,17)18/h3-6,9-10H,2,7-8H2,1H3,(H,21,24). The minimum Gasteiger partial charge on any atom is -0.332 e. The molecular weight excluding hydrogens is 339 g/mol. The van der Waals surface area contributed by atoms with Crippen molar-refractivity contribution in [2.45, 2.75) is 19.6 Å². The lowest BCUT2D eigenvalue weighted by Crippen LogP contribution is -2.39. The smallest absolute Gasteiger partial charge is 0.332 e. The monoisotopic (exact) mass is 355 g/mol. The zero-order valence-corrected chi connectivity index (χ0v) is 13.3. The summed E-state index contributed by atoms with van der Waals surface area (Å²) in [5, 5.41) is 6.00. The molecule has 25 heavy (non-hydrogen) atoms. The topological polar surface area (TPSA) is 80.1 Å². The molecule has 0 aliphatic rings. The zero-order valence-electron chi connectivity index (χ0n) is 13.3. The highest BCUT2D eigenvalue weighted by atomic mass is 19.4. The van der Waals surface area contributed by atoms with Gasteiger partial charge in [-0.05, 0) is 19.1 Å². The Balaban J connectivity index is 2.02. The van der Waals surface area contributed by atoms with E-state index < -0.39 is 23.6 Å². The Morgan fingerprint density at radius 2 is 2.00 bits per heavy atom. The SMILES string of the molecule is CCN(CC(=O)Nc1ccccc1C(F)(F)F)C(=O)Cn1cncn1. The van der Waals surface area contributed by atoms with Gasteiger partial charge in [0.05, 0.1) is 17.8 Å². The third-order valence-corrected chi connectivity index (χ3v) is 3.34. The fourth-order valence-electron chi connectivity index (χ4n) is 2.13. The third-order valence-electron chi connectivity index (χ3n) is 3.34. The first-order chi connectivity index (χ1) is 11.8. The average Bonchev–Trinajstić information content (AvgIpc) is 3.05. The van der Waals surface area contributed by atoms with Gasteiger partial charge in [0.25, 0.3) is 0 Å². The van der Waals surface area contributed by atoms with Crippen LogP contribution in [0.1, 0.15) is 12.5 Å². The molecule has 1 heterocycles. The van der Waals surface area contributed by atoms with Gasteiger partial charge < -0.3 is 10.2 Å². The van der Waals surface area contributed by atoms with Gasteiger partial charge in [0.15, 0.2) is 0 Å². The Kier molecular flexibility index (Phi) is 5.73. The number of rotatable bonds is 6. The summed E-state index contributed by atoms with van der Waals surface area (Å²) in [5.74, 6) is -1.11. The van der Waals surface area contributed by atoms with Crippen LogP contribution in [0.5, 0.6) is 0 Å².